The smallest absolute Gasteiger partial charge is 0.245 e. The summed E-state index contributed by atoms with van der Waals surface area (Å²) in [7, 11) is 0. The Morgan fingerprint density at radius 2 is 1.36 bits per heavy atom. The summed E-state index contributed by atoms with van der Waals surface area (Å²) < 4.78 is 0. The summed E-state index contributed by atoms with van der Waals surface area (Å²) >= 11 is 0. The maximum Gasteiger partial charge on any atom is 0.245 e. The Labute approximate surface area is 422 Å². The summed E-state index contributed by atoms with van der Waals surface area (Å²) in [4.78, 5) is 149. The molecule has 18 N–H and O–H groups in total. The number of hydrogen-bond donors (Lipinski definition) is 13. The first-order valence-corrected chi connectivity index (χ1v) is 23.9. The highest BCUT2D eigenvalue weighted by Gasteiger charge is 2.40. The van der Waals surface area contributed by atoms with Crippen molar-refractivity contribution in [2.75, 3.05) is 31.1 Å². The van der Waals surface area contributed by atoms with Crippen molar-refractivity contribution in [3.8, 4) is 0 Å². The summed E-state index contributed by atoms with van der Waals surface area (Å²) in [5, 5.41) is 21.0. The summed E-state index contributed by atoms with van der Waals surface area (Å²) in [6.07, 6.45) is -1.59. The van der Waals surface area contributed by atoms with Crippen molar-refractivity contribution in [3.63, 3.8) is 0 Å². The average Bonchev–Trinajstić information content (AvgIpc) is 3.84. The minimum Gasteiger partial charge on any atom is -0.399 e. The van der Waals surface area contributed by atoms with E-state index in [0.717, 1.165) is 10.5 Å². The van der Waals surface area contributed by atoms with Gasteiger partial charge in [0, 0.05) is 42.9 Å². The van der Waals surface area contributed by atoms with Crippen LogP contribution in [-0.2, 0) is 65.6 Å². The number of carbonyl (C=O) groups is 11. The lowest BCUT2D eigenvalue weighted by atomic mass is 9.95. The van der Waals surface area contributed by atoms with E-state index in [4.69, 9.17) is 28.7 Å². The first-order chi connectivity index (χ1) is 34.5. The van der Waals surface area contributed by atoms with Gasteiger partial charge in [0.1, 0.15) is 36.3 Å². The highest BCUT2D eigenvalue weighted by atomic mass is 16.2. The van der Waals surface area contributed by atoms with Crippen LogP contribution in [0, 0.1) is 5.92 Å². The molecule has 2 aromatic carbocycles. The van der Waals surface area contributed by atoms with Crippen LogP contribution >= 0.6 is 0 Å². The third-order valence-electron chi connectivity index (χ3n) is 12.4. The second-order valence-electron chi connectivity index (χ2n) is 18.2. The predicted molar refractivity (Wildman–Crippen MR) is 266 cm³/mol. The molecule has 11 amide bonds. The van der Waals surface area contributed by atoms with Crippen LogP contribution in [0.25, 0.3) is 0 Å². The zero-order valence-electron chi connectivity index (χ0n) is 41.0. The van der Waals surface area contributed by atoms with Crippen LogP contribution in [0.1, 0.15) is 76.3 Å². The van der Waals surface area contributed by atoms with Gasteiger partial charge in [-0.2, -0.15) is 0 Å². The van der Waals surface area contributed by atoms with Crippen LogP contribution in [0.3, 0.4) is 0 Å². The van der Waals surface area contributed by atoms with Gasteiger partial charge in [0.25, 0.3) is 0 Å². The third-order valence-corrected chi connectivity index (χ3v) is 12.4. The molecule has 73 heavy (non-hydrogen) atoms. The number of nitrogens with zero attached hydrogens (tertiary/aromatic N) is 1. The normalized spacial score (nSPS) is 22.4. The van der Waals surface area contributed by atoms with Gasteiger partial charge in [-0.3, -0.25) is 52.7 Å². The van der Waals surface area contributed by atoms with Gasteiger partial charge in [0.2, 0.25) is 65.0 Å². The molecule has 0 aromatic heterocycles. The Morgan fingerprint density at radius 1 is 0.740 bits per heavy atom. The number of likely N-dealkylation sites (tertiary alicyclic amines) is 1. The largest absolute Gasteiger partial charge is 0.399 e. The summed E-state index contributed by atoms with van der Waals surface area (Å²) in [6.45, 7) is 6.59. The molecule has 0 aliphatic carbocycles. The highest BCUT2D eigenvalue weighted by molar-refractivity contribution is 5.99. The molecule has 8 atom stereocenters. The lowest BCUT2D eigenvalue weighted by molar-refractivity contribution is -0.143. The number of benzene rings is 2. The van der Waals surface area contributed by atoms with E-state index in [1.54, 1.807) is 55.5 Å². The molecule has 0 bridgehead atoms. The van der Waals surface area contributed by atoms with Gasteiger partial charge in [-0.1, -0.05) is 51.1 Å². The average molecular weight is 1020 g/mol. The summed E-state index contributed by atoms with van der Waals surface area (Å²) in [5.41, 5.74) is 30.4. The van der Waals surface area contributed by atoms with Gasteiger partial charge in [-0.05, 0) is 73.4 Å². The van der Waals surface area contributed by atoms with Crippen LogP contribution < -0.4 is 71.2 Å². The van der Waals surface area contributed by atoms with E-state index in [2.05, 4.69) is 49.1 Å². The van der Waals surface area contributed by atoms with Crippen molar-refractivity contribution in [2.24, 2.45) is 23.1 Å². The quantitative estimate of drug-likeness (QED) is 0.0677. The van der Waals surface area contributed by atoms with Crippen LogP contribution in [-0.4, -0.2) is 132 Å². The van der Waals surface area contributed by atoms with E-state index < -0.39 is 152 Å². The number of rotatable bonds is 17. The molecule has 25 heteroatoms. The molecule has 1 unspecified atom stereocenters. The lowest BCUT2D eigenvalue weighted by Gasteiger charge is -2.32. The zero-order valence-corrected chi connectivity index (χ0v) is 41.0. The van der Waals surface area contributed by atoms with Crippen molar-refractivity contribution in [2.45, 2.75) is 120 Å². The molecule has 2 fully saturated rings. The summed E-state index contributed by atoms with van der Waals surface area (Å²) in [5.74, 6) is -9.86. The molecular weight excluding hydrogens is 949 g/mol. The standard InChI is InChI=1S/C48H68N14O11/c1-4-25(2)42-47(72)58-31(15-17-37(51)63)44(69)60-35(22-38(52)64)45(70)59-32(16-18-40(66)54-24-41(67)57-33(26(3)56-42)20-27-7-11-29(49)12-8-27)48(73)62-19-5-6-36(62)46(71)61-34(43(68)55-23-39(53)65)21-28-9-13-30(50)14-10-28/h7-14,25,31-36,42,56H,3-6,15-24,49-50H2,1-2H3,(H2,51,63)(H2,52,64)(H2,53,65)(H,54,66)(H,55,68)(H,57,67)(H,58,72)(H,59,70)(H,60,69)(H,61,71)/t25-,31-,32-,33-,34-,35-,36?,42-/m0/s1. The maximum atomic E-state index is 14.6. The van der Waals surface area contributed by atoms with Crippen LogP contribution in [0.4, 0.5) is 11.4 Å². The fourth-order valence-electron chi connectivity index (χ4n) is 8.14. The van der Waals surface area contributed by atoms with E-state index in [0.29, 0.717) is 23.4 Å². The van der Waals surface area contributed by atoms with Gasteiger partial charge in [0.05, 0.1) is 25.6 Å². The van der Waals surface area contributed by atoms with Crippen LogP contribution in [0.2, 0.25) is 0 Å². The molecule has 396 valence electrons. The summed E-state index contributed by atoms with van der Waals surface area (Å²) in [6, 6.07) is 3.83. The monoisotopic (exact) mass is 1020 g/mol. The molecule has 25 nitrogen and oxygen atoms in total. The lowest BCUT2D eigenvalue weighted by Crippen LogP contribution is -2.60. The Hall–Kier alpha value is -8.25. The Kier molecular flexibility index (Phi) is 21.5. The first kappa shape index (κ1) is 57.3. The third kappa shape index (κ3) is 18.1. The van der Waals surface area contributed by atoms with E-state index in [1.807, 2.05) is 6.92 Å². The van der Waals surface area contributed by atoms with Crippen molar-refractivity contribution in [1.82, 2.24) is 47.4 Å². The molecular formula is C48H68N14O11. The van der Waals surface area contributed by atoms with Gasteiger partial charge in [-0.15, -0.1) is 0 Å². The highest BCUT2D eigenvalue weighted by Crippen LogP contribution is 2.21. The number of anilines is 2. The van der Waals surface area contributed by atoms with E-state index >= 15 is 0 Å². The SMILES string of the molecule is C=C1N[C@@H]([C@@H](C)CC)C(=O)N[C@@H](CCC(N)=O)C(=O)N[C@@H](CC(N)=O)C(=O)N[C@H](C(=O)N2CCCC2C(=O)N[C@@H](Cc2ccc(N)cc2)C(=O)NCC(N)=O)CCC(=O)NCC(=O)N[C@H]1Cc1ccc(N)cc1. The fourth-order valence-corrected chi connectivity index (χ4v) is 8.14. The predicted octanol–water partition coefficient (Wildman–Crippen LogP) is -3.78. The van der Waals surface area contributed by atoms with Crippen molar-refractivity contribution < 1.29 is 52.7 Å². The maximum absolute atomic E-state index is 14.6. The molecule has 2 heterocycles. The minimum absolute atomic E-state index is 0.0236. The number of primary amides is 3. The van der Waals surface area contributed by atoms with E-state index in [1.165, 1.54) is 0 Å². The number of nitrogens with two attached hydrogens (primary N) is 5. The van der Waals surface area contributed by atoms with Gasteiger partial charge in [-0.25, -0.2) is 0 Å². The number of nitrogens with one attached hydrogen (secondary N) is 8. The number of hydrogen-bond acceptors (Lipinski definition) is 14. The Morgan fingerprint density at radius 3 is 1.96 bits per heavy atom. The van der Waals surface area contributed by atoms with E-state index in [9.17, 15) is 52.7 Å². The molecule has 2 aliphatic heterocycles. The molecule has 0 radical (unpaired) electrons. The number of amides is 11. The van der Waals surface area contributed by atoms with Crippen molar-refractivity contribution in [1.29, 1.82) is 0 Å². The topological polar surface area (TPSA) is 417 Å². The zero-order chi connectivity index (χ0) is 53.9. The fraction of sp³-hybridized carbons (Fsp3) is 0.479. The molecule has 2 aromatic rings. The van der Waals surface area contributed by atoms with Gasteiger partial charge < -0.3 is 76.1 Å². The van der Waals surface area contributed by atoms with Crippen LogP contribution in [0.15, 0.2) is 60.8 Å². The number of carbonyl (C=O) groups excluding carboxylic acids is 11. The van der Waals surface area contributed by atoms with Gasteiger partial charge >= 0.3 is 0 Å². The van der Waals surface area contributed by atoms with Crippen LogP contribution in [0.5, 0.6) is 0 Å². The first-order valence-electron chi connectivity index (χ1n) is 23.9. The van der Waals surface area contributed by atoms with E-state index in [-0.39, 0.29) is 44.3 Å². The molecule has 2 aliphatic rings. The molecule has 0 spiro atoms. The molecule has 0 saturated carbocycles. The van der Waals surface area contributed by atoms with Gasteiger partial charge in [0.15, 0.2) is 0 Å². The second-order valence-corrected chi connectivity index (χ2v) is 18.2. The van der Waals surface area contributed by atoms with Crippen molar-refractivity contribution >= 4 is 76.4 Å². The molecule has 2 saturated heterocycles. The second kappa shape index (κ2) is 27.4. The molecule has 4 rings (SSSR count). The number of nitrogen functional groups attached to an aromatic ring is 2. The van der Waals surface area contributed by atoms with Crippen molar-refractivity contribution in [3.05, 3.63) is 71.9 Å². The minimum atomic E-state index is -1.79. The Balaban J connectivity index is 1.70. The Bertz CT molecular complexity index is 2380.